The van der Waals surface area contributed by atoms with Crippen LogP contribution in [0.3, 0.4) is 0 Å². The zero-order valence-electron chi connectivity index (χ0n) is 15.5. The van der Waals surface area contributed by atoms with Crippen molar-refractivity contribution in [2.24, 2.45) is 11.7 Å². The fourth-order valence-electron chi connectivity index (χ4n) is 4.39. The summed E-state index contributed by atoms with van der Waals surface area (Å²) in [6.45, 7) is 0. The molecule has 0 spiro atoms. The van der Waals surface area contributed by atoms with E-state index in [-0.39, 0.29) is 11.8 Å². The minimum atomic E-state index is -0.191. The molecular formula is C19H27N5OS. The fourth-order valence-corrected chi connectivity index (χ4v) is 5.57. The van der Waals surface area contributed by atoms with Gasteiger partial charge in [-0.25, -0.2) is 9.97 Å². The summed E-state index contributed by atoms with van der Waals surface area (Å²) in [5.41, 5.74) is 6.82. The van der Waals surface area contributed by atoms with E-state index >= 15 is 0 Å². The third-order valence-electron chi connectivity index (χ3n) is 6.01. The molecule has 0 radical (unpaired) electrons. The number of anilines is 1. The molecule has 7 heteroatoms. The van der Waals surface area contributed by atoms with Crippen molar-refractivity contribution in [1.82, 2.24) is 14.9 Å². The van der Waals surface area contributed by atoms with Crippen molar-refractivity contribution in [3.63, 3.8) is 0 Å². The quantitative estimate of drug-likeness (QED) is 0.860. The maximum absolute atomic E-state index is 11.7. The van der Waals surface area contributed by atoms with Crippen molar-refractivity contribution >= 4 is 33.3 Å². The Morgan fingerprint density at radius 3 is 2.69 bits per heavy atom. The minimum absolute atomic E-state index is 0.0658. The molecule has 26 heavy (non-hydrogen) atoms. The monoisotopic (exact) mass is 373 g/mol. The molecule has 0 aliphatic heterocycles. The van der Waals surface area contributed by atoms with Gasteiger partial charge in [-0.05, 0) is 64.6 Å². The van der Waals surface area contributed by atoms with E-state index in [1.807, 2.05) is 0 Å². The Morgan fingerprint density at radius 2 is 2.00 bits per heavy atom. The lowest BCUT2D eigenvalue weighted by atomic mass is 9.86. The van der Waals surface area contributed by atoms with Gasteiger partial charge >= 0.3 is 0 Å². The van der Waals surface area contributed by atoms with Crippen LogP contribution >= 0.6 is 11.3 Å². The Labute approximate surface area is 158 Å². The van der Waals surface area contributed by atoms with Gasteiger partial charge in [0.1, 0.15) is 17.0 Å². The third-order valence-corrected chi connectivity index (χ3v) is 7.21. The number of carbonyl (C=O) groups is 1. The molecule has 1 saturated carbocycles. The molecule has 6 nitrogen and oxygen atoms in total. The van der Waals surface area contributed by atoms with E-state index in [1.54, 1.807) is 17.7 Å². The molecule has 3 N–H and O–H groups in total. The van der Waals surface area contributed by atoms with E-state index in [0.29, 0.717) is 12.1 Å². The van der Waals surface area contributed by atoms with Crippen molar-refractivity contribution in [2.75, 3.05) is 19.4 Å². The molecule has 0 unspecified atom stereocenters. The van der Waals surface area contributed by atoms with Crippen LogP contribution in [-0.2, 0) is 17.6 Å². The molecule has 1 fully saturated rings. The van der Waals surface area contributed by atoms with Crippen LogP contribution < -0.4 is 11.1 Å². The summed E-state index contributed by atoms with van der Waals surface area (Å²) in [6, 6.07) is 1.14. The summed E-state index contributed by atoms with van der Waals surface area (Å²) >= 11 is 1.74. The first kappa shape index (κ1) is 17.7. The Morgan fingerprint density at radius 1 is 1.23 bits per heavy atom. The number of fused-ring (bicyclic) bond motifs is 3. The van der Waals surface area contributed by atoms with Crippen molar-refractivity contribution in [2.45, 2.75) is 57.0 Å². The average molecular weight is 374 g/mol. The Kier molecular flexibility index (Phi) is 4.84. The summed E-state index contributed by atoms with van der Waals surface area (Å²) in [7, 11) is 4.33. The third kappa shape index (κ3) is 3.30. The van der Waals surface area contributed by atoms with Crippen molar-refractivity contribution in [3.05, 3.63) is 16.8 Å². The highest BCUT2D eigenvalue weighted by Gasteiger charge is 2.29. The van der Waals surface area contributed by atoms with Gasteiger partial charge in [-0.1, -0.05) is 0 Å². The van der Waals surface area contributed by atoms with Gasteiger partial charge in [-0.2, -0.15) is 0 Å². The molecule has 140 valence electrons. The fraction of sp³-hybridized carbons (Fsp3) is 0.632. The maximum atomic E-state index is 11.7. The van der Waals surface area contributed by atoms with Gasteiger partial charge in [0.2, 0.25) is 5.91 Å². The molecule has 2 aliphatic carbocycles. The van der Waals surface area contributed by atoms with Crippen molar-refractivity contribution in [3.8, 4) is 0 Å². The summed E-state index contributed by atoms with van der Waals surface area (Å²) in [4.78, 5) is 25.4. The van der Waals surface area contributed by atoms with Gasteiger partial charge in [0.25, 0.3) is 0 Å². The number of nitrogens with one attached hydrogen (secondary N) is 1. The first-order valence-corrected chi connectivity index (χ1v) is 10.3. The number of aryl methyl sites for hydroxylation is 1. The number of rotatable bonds is 4. The second kappa shape index (κ2) is 7.12. The van der Waals surface area contributed by atoms with E-state index in [0.717, 1.165) is 48.1 Å². The Bertz CT molecular complexity index is 810. The Balaban J connectivity index is 1.58. The normalized spacial score (nSPS) is 26.0. The summed E-state index contributed by atoms with van der Waals surface area (Å²) in [5.74, 6) is 0.679. The smallest absolute Gasteiger partial charge is 0.220 e. The lowest BCUT2D eigenvalue weighted by molar-refractivity contribution is -0.122. The number of nitrogens with zero attached hydrogens (tertiary/aromatic N) is 3. The molecule has 2 heterocycles. The molecule has 1 amide bonds. The maximum Gasteiger partial charge on any atom is 0.220 e. The Hall–Kier alpha value is -1.73. The molecule has 0 saturated heterocycles. The second-order valence-corrected chi connectivity index (χ2v) is 8.95. The van der Waals surface area contributed by atoms with Crippen LogP contribution in [0.1, 0.15) is 42.5 Å². The van der Waals surface area contributed by atoms with E-state index in [4.69, 9.17) is 5.73 Å². The summed E-state index contributed by atoms with van der Waals surface area (Å²) in [6.07, 6.45) is 8.88. The average Bonchev–Trinajstić information content (AvgIpc) is 3.00. The van der Waals surface area contributed by atoms with Gasteiger partial charge in [0, 0.05) is 22.9 Å². The molecular weight excluding hydrogens is 346 g/mol. The van der Waals surface area contributed by atoms with Crippen LogP contribution in [0.5, 0.6) is 0 Å². The lowest BCUT2D eigenvalue weighted by Crippen LogP contribution is -2.36. The first-order chi connectivity index (χ1) is 12.5. The summed E-state index contributed by atoms with van der Waals surface area (Å²) in [5, 5.41) is 4.80. The topological polar surface area (TPSA) is 84.1 Å². The SMILES string of the molecule is CN(C)[C@H]1CC[C@H](Nc2ncnc3sc4c(c23)C[C@@H](C(N)=O)CC4)CC1. The lowest BCUT2D eigenvalue weighted by Gasteiger charge is -2.33. The molecule has 1 atom stereocenters. The van der Waals surface area contributed by atoms with E-state index in [1.165, 1.54) is 23.3 Å². The molecule has 0 aromatic carbocycles. The van der Waals surface area contributed by atoms with Crippen LogP contribution in [0.2, 0.25) is 0 Å². The van der Waals surface area contributed by atoms with Gasteiger partial charge in [0.05, 0.1) is 5.39 Å². The second-order valence-electron chi connectivity index (χ2n) is 7.86. The molecule has 0 bridgehead atoms. The van der Waals surface area contributed by atoms with E-state index in [2.05, 4.69) is 34.3 Å². The van der Waals surface area contributed by atoms with Crippen molar-refractivity contribution < 1.29 is 4.79 Å². The highest BCUT2D eigenvalue weighted by atomic mass is 32.1. The number of nitrogens with two attached hydrogens (primary N) is 1. The zero-order valence-corrected chi connectivity index (χ0v) is 16.3. The number of hydrogen-bond acceptors (Lipinski definition) is 6. The number of carbonyl (C=O) groups excluding carboxylic acids is 1. The predicted molar refractivity (Wildman–Crippen MR) is 105 cm³/mol. The highest BCUT2D eigenvalue weighted by Crippen LogP contribution is 2.40. The van der Waals surface area contributed by atoms with Gasteiger partial charge in [0.15, 0.2) is 0 Å². The number of hydrogen-bond donors (Lipinski definition) is 2. The number of amides is 1. The van der Waals surface area contributed by atoms with Gasteiger partial charge in [-0.15, -0.1) is 11.3 Å². The molecule has 2 aromatic heterocycles. The van der Waals surface area contributed by atoms with Crippen LogP contribution in [0, 0.1) is 5.92 Å². The minimum Gasteiger partial charge on any atom is -0.369 e. The number of primary amides is 1. The van der Waals surface area contributed by atoms with Crippen LogP contribution in [0.4, 0.5) is 5.82 Å². The molecule has 4 rings (SSSR count). The predicted octanol–water partition coefficient (Wildman–Crippen LogP) is 2.57. The number of thiophene rings is 1. The van der Waals surface area contributed by atoms with Crippen LogP contribution in [0.15, 0.2) is 6.33 Å². The number of aromatic nitrogens is 2. The van der Waals surface area contributed by atoms with E-state index < -0.39 is 0 Å². The van der Waals surface area contributed by atoms with Crippen LogP contribution in [0.25, 0.3) is 10.2 Å². The standard InChI is InChI=1S/C19H27N5OS/c1-24(2)13-6-4-12(5-7-13)23-18-16-14-9-11(17(20)25)3-8-15(14)26-19(16)22-10-21-18/h10-13H,3-9H2,1-2H3,(H2,20,25)(H,21,22,23)/t11-,12-,13-/m0/s1. The van der Waals surface area contributed by atoms with Gasteiger partial charge in [-0.3, -0.25) is 4.79 Å². The first-order valence-electron chi connectivity index (χ1n) is 9.50. The summed E-state index contributed by atoms with van der Waals surface area (Å²) < 4.78 is 0. The van der Waals surface area contributed by atoms with Gasteiger partial charge < -0.3 is 16.0 Å². The zero-order chi connectivity index (χ0) is 18.3. The largest absolute Gasteiger partial charge is 0.369 e. The van der Waals surface area contributed by atoms with Crippen LogP contribution in [-0.4, -0.2) is 47.0 Å². The van der Waals surface area contributed by atoms with Crippen molar-refractivity contribution in [1.29, 1.82) is 0 Å². The molecule has 2 aromatic rings. The molecule has 2 aliphatic rings. The highest BCUT2D eigenvalue weighted by molar-refractivity contribution is 7.19. The van der Waals surface area contributed by atoms with E-state index in [9.17, 15) is 4.79 Å².